The summed E-state index contributed by atoms with van der Waals surface area (Å²) in [5, 5.41) is 9.63. The SMILES string of the molecule is NC(C(F)(F)F)C1(O)CCCCC1. The van der Waals surface area contributed by atoms with Crippen LogP contribution in [0.15, 0.2) is 0 Å². The van der Waals surface area contributed by atoms with E-state index in [-0.39, 0.29) is 12.8 Å². The lowest BCUT2D eigenvalue weighted by atomic mass is 9.79. The van der Waals surface area contributed by atoms with Crippen molar-refractivity contribution in [2.24, 2.45) is 5.73 Å². The molecule has 0 aliphatic heterocycles. The monoisotopic (exact) mass is 197 g/mol. The van der Waals surface area contributed by atoms with Crippen molar-refractivity contribution < 1.29 is 18.3 Å². The van der Waals surface area contributed by atoms with Gasteiger partial charge in [0.2, 0.25) is 0 Å². The predicted molar refractivity (Wildman–Crippen MR) is 42.1 cm³/mol. The minimum absolute atomic E-state index is 0.160. The van der Waals surface area contributed by atoms with Crippen molar-refractivity contribution in [3.05, 3.63) is 0 Å². The topological polar surface area (TPSA) is 46.2 Å². The molecule has 13 heavy (non-hydrogen) atoms. The van der Waals surface area contributed by atoms with Crippen molar-refractivity contribution in [2.75, 3.05) is 0 Å². The molecule has 1 rings (SSSR count). The molecule has 1 aliphatic rings. The van der Waals surface area contributed by atoms with E-state index in [9.17, 15) is 18.3 Å². The third-order valence-corrected chi connectivity index (χ3v) is 2.65. The standard InChI is InChI=1S/C8H14F3NO/c9-8(10,11)6(12)7(13)4-2-1-3-5-7/h6,13H,1-5,12H2. The van der Waals surface area contributed by atoms with Gasteiger partial charge in [-0.15, -0.1) is 0 Å². The number of nitrogens with two attached hydrogens (primary N) is 1. The number of rotatable bonds is 1. The number of alkyl halides is 3. The van der Waals surface area contributed by atoms with Crippen LogP contribution in [-0.2, 0) is 0 Å². The first-order valence-electron chi connectivity index (χ1n) is 4.41. The van der Waals surface area contributed by atoms with Crippen molar-refractivity contribution in [3.63, 3.8) is 0 Å². The van der Waals surface area contributed by atoms with E-state index in [0.29, 0.717) is 12.8 Å². The lowest BCUT2D eigenvalue weighted by Gasteiger charge is -2.37. The molecule has 5 heteroatoms. The molecular formula is C8H14F3NO. The van der Waals surface area contributed by atoms with Gasteiger partial charge in [-0.25, -0.2) is 0 Å². The summed E-state index contributed by atoms with van der Waals surface area (Å²) in [7, 11) is 0. The second-order valence-corrected chi connectivity index (χ2v) is 3.68. The van der Waals surface area contributed by atoms with Gasteiger partial charge in [-0.3, -0.25) is 0 Å². The summed E-state index contributed by atoms with van der Waals surface area (Å²) in [6.45, 7) is 0. The number of hydrogen-bond acceptors (Lipinski definition) is 2. The van der Waals surface area contributed by atoms with Crippen LogP contribution in [-0.4, -0.2) is 22.9 Å². The summed E-state index contributed by atoms with van der Waals surface area (Å²) in [6.07, 6.45) is -2.04. The molecule has 0 aromatic carbocycles. The van der Waals surface area contributed by atoms with Crippen LogP contribution in [0.4, 0.5) is 13.2 Å². The Kier molecular flexibility index (Phi) is 2.87. The van der Waals surface area contributed by atoms with Gasteiger partial charge in [0.1, 0.15) is 6.04 Å². The van der Waals surface area contributed by atoms with E-state index in [4.69, 9.17) is 5.73 Å². The van der Waals surface area contributed by atoms with Crippen LogP contribution in [0.3, 0.4) is 0 Å². The summed E-state index contributed by atoms with van der Waals surface area (Å²) in [5.41, 5.74) is 3.26. The molecule has 0 aromatic rings. The highest BCUT2D eigenvalue weighted by Gasteiger charge is 2.50. The maximum absolute atomic E-state index is 12.2. The van der Waals surface area contributed by atoms with Crippen LogP contribution in [0.1, 0.15) is 32.1 Å². The molecule has 2 nitrogen and oxygen atoms in total. The molecule has 0 aromatic heterocycles. The second-order valence-electron chi connectivity index (χ2n) is 3.68. The summed E-state index contributed by atoms with van der Waals surface area (Å²) in [6, 6.07) is -2.10. The molecule has 0 spiro atoms. The Labute approximate surface area is 74.9 Å². The summed E-state index contributed by atoms with van der Waals surface area (Å²) in [4.78, 5) is 0. The highest BCUT2D eigenvalue weighted by molar-refractivity contribution is 4.95. The fourth-order valence-corrected chi connectivity index (χ4v) is 1.78. The summed E-state index contributed by atoms with van der Waals surface area (Å²) >= 11 is 0. The van der Waals surface area contributed by atoms with Crippen LogP contribution in [0, 0.1) is 0 Å². The van der Waals surface area contributed by atoms with Crippen LogP contribution in [0.5, 0.6) is 0 Å². The minimum Gasteiger partial charge on any atom is -0.388 e. The third kappa shape index (κ3) is 2.34. The molecule has 1 saturated carbocycles. The van der Waals surface area contributed by atoms with Gasteiger partial charge in [0.15, 0.2) is 0 Å². The average molecular weight is 197 g/mol. The molecule has 0 saturated heterocycles. The molecule has 1 atom stereocenters. The van der Waals surface area contributed by atoms with E-state index in [0.717, 1.165) is 6.42 Å². The number of halogens is 3. The predicted octanol–water partition coefficient (Wildman–Crippen LogP) is 1.57. The largest absolute Gasteiger partial charge is 0.406 e. The van der Waals surface area contributed by atoms with Gasteiger partial charge in [0.25, 0.3) is 0 Å². The van der Waals surface area contributed by atoms with Crippen molar-refractivity contribution >= 4 is 0 Å². The fourth-order valence-electron chi connectivity index (χ4n) is 1.78. The molecule has 0 radical (unpaired) electrons. The summed E-state index contributed by atoms with van der Waals surface area (Å²) < 4.78 is 36.6. The average Bonchev–Trinajstić information content (AvgIpc) is 2.03. The zero-order chi connectivity index (χ0) is 10.1. The van der Waals surface area contributed by atoms with Crippen LogP contribution in [0.25, 0.3) is 0 Å². The maximum atomic E-state index is 12.2. The van der Waals surface area contributed by atoms with E-state index in [2.05, 4.69) is 0 Å². The van der Waals surface area contributed by atoms with Crippen LogP contribution >= 0.6 is 0 Å². The minimum atomic E-state index is -4.49. The van der Waals surface area contributed by atoms with Gasteiger partial charge < -0.3 is 10.8 Å². The first kappa shape index (κ1) is 10.8. The Bertz CT molecular complexity index is 175. The third-order valence-electron chi connectivity index (χ3n) is 2.65. The Morgan fingerprint density at radius 1 is 1.15 bits per heavy atom. The number of aliphatic hydroxyl groups is 1. The Morgan fingerprint density at radius 3 is 2.00 bits per heavy atom. The van der Waals surface area contributed by atoms with Crippen molar-refractivity contribution in [1.82, 2.24) is 0 Å². The molecular weight excluding hydrogens is 183 g/mol. The highest BCUT2D eigenvalue weighted by atomic mass is 19.4. The van der Waals surface area contributed by atoms with E-state index in [1.54, 1.807) is 0 Å². The zero-order valence-electron chi connectivity index (χ0n) is 7.27. The molecule has 3 N–H and O–H groups in total. The zero-order valence-corrected chi connectivity index (χ0v) is 7.27. The molecule has 1 unspecified atom stereocenters. The molecule has 78 valence electrons. The normalized spacial score (nSPS) is 25.6. The van der Waals surface area contributed by atoms with Gasteiger partial charge in [-0.2, -0.15) is 13.2 Å². The van der Waals surface area contributed by atoms with E-state index >= 15 is 0 Å². The molecule has 1 aliphatic carbocycles. The first-order chi connectivity index (χ1) is 5.86. The molecule has 0 heterocycles. The van der Waals surface area contributed by atoms with Gasteiger partial charge in [-0.05, 0) is 12.8 Å². The molecule has 1 fully saturated rings. The van der Waals surface area contributed by atoms with Crippen LogP contribution in [0.2, 0.25) is 0 Å². The Hall–Kier alpha value is -0.290. The second kappa shape index (κ2) is 3.46. The Morgan fingerprint density at radius 2 is 1.62 bits per heavy atom. The van der Waals surface area contributed by atoms with Gasteiger partial charge in [0.05, 0.1) is 5.60 Å². The highest BCUT2D eigenvalue weighted by Crippen LogP contribution is 2.36. The van der Waals surface area contributed by atoms with Crippen molar-refractivity contribution in [2.45, 2.75) is 49.9 Å². The molecule has 0 bridgehead atoms. The van der Waals surface area contributed by atoms with Gasteiger partial charge >= 0.3 is 6.18 Å². The first-order valence-corrected chi connectivity index (χ1v) is 4.41. The van der Waals surface area contributed by atoms with E-state index in [1.807, 2.05) is 0 Å². The lowest BCUT2D eigenvalue weighted by molar-refractivity contribution is -0.198. The van der Waals surface area contributed by atoms with Crippen molar-refractivity contribution in [1.29, 1.82) is 0 Å². The van der Waals surface area contributed by atoms with E-state index < -0.39 is 17.8 Å². The smallest absolute Gasteiger partial charge is 0.388 e. The quantitative estimate of drug-likeness (QED) is 0.670. The fraction of sp³-hybridized carbons (Fsp3) is 1.00. The Balaban J connectivity index is 2.67. The molecule has 0 amide bonds. The number of hydrogen-bond donors (Lipinski definition) is 2. The van der Waals surface area contributed by atoms with Gasteiger partial charge in [-0.1, -0.05) is 19.3 Å². The van der Waals surface area contributed by atoms with Gasteiger partial charge in [0, 0.05) is 0 Å². The van der Waals surface area contributed by atoms with E-state index in [1.165, 1.54) is 0 Å². The maximum Gasteiger partial charge on any atom is 0.406 e. The summed E-state index contributed by atoms with van der Waals surface area (Å²) in [5.74, 6) is 0. The lowest BCUT2D eigenvalue weighted by Crippen LogP contribution is -2.57. The van der Waals surface area contributed by atoms with Crippen LogP contribution < -0.4 is 5.73 Å². The van der Waals surface area contributed by atoms with Crippen molar-refractivity contribution in [3.8, 4) is 0 Å².